The molecule has 2 rings (SSSR count). The predicted octanol–water partition coefficient (Wildman–Crippen LogP) is 1.52. The minimum atomic E-state index is -1.08. The van der Waals surface area contributed by atoms with E-state index in [9.17, 15) is 29.8 Å². The Morgan fingerprint density at radius 3 is 2.56 bits per heavy atom. The fourth-order valence-corrected chi connectivity index (χ4v) is 2.57. The number of aliphatic hydroxyl groups is 2. The van der Waals surface area contributed by atoms with Gasteiger partial charge < -0.3 is 20.1 Å². The SMILES string of the molecule is O=Nc1cc(O)cc2c1C(=O)OCCC(O)C(O)CC/C=C/C(=O)C2. The Kier molecular flexibility index (Phi) is 6.37. The number of phenols is 1. The molecule has 0 fully saturated rings. The zero-order chi connectivity index (χ0) is 18.4. The molecule has 1 aromatic carbocycles. The van der Waals surface area contributed by atoms with E-state index in [1.807, 2.05) is 0 Å². The second-order valence-corrected chi connectivity index (χ2v) is 5.77. The van der Waals surface area contributed by atoms with Gasteiger partial charge in [-0.15, -0.1) is 4.91 Å². The minimum absolute atomic E-state index is 0.0207. The maximum absolute atomic E-state index is 12.3. The fraction of sp³-hybridized carbons (Fsp3) is 0.412. The van der Waals surface area contributed by atoms with E-state index < -0.39 is 18.2 Å². The normalized spacial score (nSPS) is 23.9. The Labute approximate surface area is 143 Å². The lowest BCUT2D eigenvalue weighted by atomic mass is 9.99. The highest BCUT2D eigenvalue weighted by Crippen LogP contribution is 2.30. The molecular weight excluding hydrogens is 330 g/mol. The lowest BCUT2D eigenvalue weighted by Gasteiger charge is -2.18. The zero-order valence-corrected chi connectivity index (χ0v) is 13.4. The molecule has 0 spiro atoms. The first-order chi connectivity index (χ1) is 11.9. The van der Waals surface area contributed by atoms with Crippen molar-refractivity contribution < 1.29 is 29.6 Å². The third-order valence-electron chi connectivity index (χ3n) is 3.87. The number of hydrogen-bond donors (Lipinski definition) is 3. The number of cyclic esters (lactones) is 1. The van der Waals surface area contributed by atoms with Crippen LogP contribution in [0.3, 0.4) is 0 Å². The number of ketones is 1. The highest BCUT2D eigenvalue weighted by Gasteiger charge is 2.23. The number of esters is 1. The standard InChI is InChI=1S/C17H19NO7/c19-11-3-1-2-4-14(21)15(22)5-6-25-17(23)16-10(7-11)8-12(20)9-13(16)18-24/h1,3,8-9,14-15,20-22H,2,4-7H2/b3-1+. The van der Waals surface area contributed by atoms with Gasteiger partial charge in [0, 0.05) is 18.9 Å². The van der Waals surface area contributed by atoms with Crippen LogP contribution in [0, 0.1) is 4.91 Å². The third kappa shape index (κ3) is 4.94. The summed E-state index contributed by atoms with van der Waals surface area (Å²) in [4.78, 5) is 35.3. The molecule has 3 N–H and O–H groups in total. The van der Waals surface area contributed by atoms with Gasteiger partial charge >= 0.3 is 5.97 Å². The summed E-state index contributed by atoms with van der Waals surface area (Å²) in [5.74, 6) is -1.54. The van der Waals surface area contributed by atoms with E-state index in [0.29, 0.717) is 6.42 Å². The summed E-state index contributed by atoms with van der Waals surface area (Å²) in [5, 5.41) is 32.0. The summed E-state index contributed by atoms with van der Waals surface area (Å²) in [7, 11) is 0. The van der Waals surface area contributed by atoms with E-state index >= 15 is 0 Å². The molecule has 8 heteroatoms. The predicted molar refractivity (Wildman–Crippen MR) is 87.6 cm³/mol. The number of hydrogen-bond acceptors (Lipinski definition) is 8. The van der Waals surface area contributed by atoms with Crippen molar-refractivity contribution in [3.8, 4) is 5.75 Å². The van der Waals surface area contributed by atoms with Crippen LogP contribution in [0.5, 0.6) is 5.75 Å². The van der Waals surface area contributed by atoms with Crippen molar-refractivity contribution in [2.24, 2.45) is 5.18 Å². The van der Waals surface area contributed by atoms with Crippen molar-refractivity contribution in [1.29, 1.82) is 0 Å². The molecule has 25 heavy (non-hydrogen) atoms. The average Bonchev–Trinajstić information content (AvgIpc) is 2.56. The Morgan fingerprint density at radius 2 is 1.84 bits per heavy atom. The Hall–Kier alpha value is -2.58. The topological polar surface area (TPSA) is 133 Å². The number of allylic oxidation sites excluding steroid dienone is 2. The van der Waals surface area contributed by atoms with Gasteiger partial charge in [-0.2, -0.15) is 0 Å². The van der Waals surface area contributed by atoms with Crippen LogP contribution in [0.15, 0.2) is 29.5 Å². The summed E-state index contributed by atoms with van der Waals surface area (Å²) in [6, 6.07) is 2.22. The molecule has 0 saturated carbocycles. The van der Waals surface area contributed by atoms with Crippen molar-refractivity contribution in [2.75, 3.05) is 6.61 Å². The zero-order valence-electron chi connectivity index (χ0n) is 13.4. The van der Waals surface area contributed by atoms with Gasteiger partial charge in [0.2, 0.25) is 0 Å². The van der Waals surface area contributed by atoms with Crippen LogP contribution in [0.4, 0.5) is 5.69 Å². The van der Waals surface area contributed by atoms with Gasteiger partial charge in [0.1, 0.15) is 11.4 Å². The highest BCUT2D eigenvalue weighted by molar-refractivity contribution is 6.00. The quantitative estimate of drug-likeness (QED) is 0.517. The number of fused-ring (bicyclic) bond motifs is 1. The van der Waals surface area contributed by atoms with Crippen LogP contribution >= 0.6 is 0 Å². The summed E-state index contributed by atoms with van der Waals surface area (Å²) < 4.78 is 5.03. The monoisotopic (exact) mass is 349 g/mol. The molecule has 0 amide bonds. The van der Waals surface area contributed by atoms with Crippen LogP contribution in [0.1, 0.15) is 35.2 Å². The van der Waals surface area contributed by atoms with Crippen molar-refractivity contribution in [3.05, 3.63) is 40.3 Å². The van der Waals surface area contributed by atoms with E-state index in [-0.39, 0.29) is 54.2 Å². The Bertz CT molecular complexity index is 698. The molecule has 8 nitrogen and oxygen atoms in total. The molecule has 1 aromatic rings. The summed E-state index contributed by atoms with van der Waals surface area (Å²) in [5.41, 5.74) is -0.391. The summed E-state index contributed by atoms with van der Waals surface area (Å²) in [6.07, 6.45) is 1.21. The lowest BCUT2D eigenvalue weighted by molar-refractivity contribution is -0.114. The minimum Gasteiger partial charge on any atom is -0.508 e. The molecule has 2 atom stereocenters. The third-order valence-corrected chi connectivity index (χ3v) is 3.87. The summed E-state index contributed by atoms with van der Waals surface area (Å²) in [6.45, 7) is -0.181. The fourth-order valence-electron chi connectivity index (χ4n) is 2.57. The van der Waals surface area contributed by atoms with Crippen LogP contribution in [-0.4, -0.2) is 45.9 Å². The molecule has 0 bridgehead atoms. The number of nitrogens with zero attached hydrogens (tertiary/aromatic N) is 1. The average molecular weight is 349 g/mol. The molecule has 1 aliphatic rings. The van der Waals surface area contributed by atoms with Crippen LogP contribution < -0.4 is 0 Å². The molecular formula is C17H19NO7. The Morgan fingerprint density at radius 1 is 1.12 bits per heavy atom. The second kappa shape index (κ2) is 8.50. The number of nitroso groups, excluding NO2 is 1. The first-order valence-electron chi connectivity index (χ1n) is 7.84. The lowest BCUT2D eigenvalue weighted by Crippen LogP contribution is -2.27. The number of rotatable bonds is 1. The molecule has 1 aliphatic heterocycles. The van der Waals surface area contributed by atoms with Crippen LogP contribution in [0.25, 0.3) is 0 Å². The second-order valence-electron chi connectivity index (χ2n) is 5.77. The number of aromatic hydroxyl groups is 1. The molecule has 0 radical (unpaired) electrons. The number of aliphatic hydroxyl groups excluding tert-OH is 2. The maximum atomic E-state index is 12.3. The van der Waals surface area contributed by atoms with Crippen LogP contribution in [0.2, 0.25) is 0 Å². The van der Waals surface area contributed by atoms with Gasteiger partial charge in [-0.3, -0.25) is 4.79 Å². The van der Waals surface area contributed by atoms with Crippen LogP contribution in [-0.2, 0) is 16.0 Å². The number of carbonyl (C=O) groups is 2. The van der Waals surface area contributed by atoms with Crippen molar-refractivity contribution in [3.63, 3.8) is 0 Å². The van der Waals surface area contributed by atoms with Gasteiger partial charge in [-0.05, 0) is 35.7 Å². The smallest absolute Gasteiger partial charge is 0.340 e. The van der Waals surface area contributed by atoms with E-state index in [2.05, 4.69) is 5.18 Å². The maximum Gasteiger partial charge on any atom is 0.340 e. The first kappa shape index (κ1) is 18.8. The molecule has 1 heterocycles. The number of ether oxygens (including phenoxy) is 1. The Balaban J connectivity index is 2.39. The van der Waals surface area contributed by atoms with Crippen molar-refractivity contribution in [2.45, 2.75) is 37.9 Å². The molecule has 0 aliphatic carbocycles. The van der Waals surface area contributed by atoms with Gasteiger partial charge in [0.05, 0.1) is 24.4 Å². The van der Waals surface area contributed by atoms with E-state index in [1.54, 1.807) is 6.08 Å². The molecule has 134 valence electrons. The largest absolute Gasteiger partial charge is 0.508 e. The van der Waals surface area contributed by atoms with Gasteiger partial charge in [0.25, 0.3) is 0 Å². The van der Waals surface area contributed by atoms with E-state index in [0.717, 1.165) is 6.07 Å². The number of phenolic OH excluding ortho intramolecular Hbond substituents is 1. The van der Waals surface area contributed by atoms with E-state index in [1.165, 1.54) is 12.1 Å². The number of carbonyl (C=O) groups excluding carboxylic acids is 2. The molecule has 2 unspecified atom stereocenters. The molecule has 0 aromatic heterocycles. The van der Waals surface area contributed by atoms with Gasteiger partial charge in [-0.25, -0.2) is 4.79 Å². The van der Waals surface area contributed by atoms with Gasteiger partial charge in [-0.1, -0.05) is 6.08 Å². The molecule has 0 saturated heterocycles. The summed E-state index contributed by atoms with van der Waals surface area (Å²) >= 11 is 0. The first-order valence-corrected chi connectivity index (χ1v) is 7.84. The van der Waals surface area contributed by atoms with Gasteiger partial charge in [0.15, 0.2) is 5.78 Å². The number of benzene rings is 1. The van der Waals surface area contributed by atoms with Crippen molar-refractivity contribution in [1.82, 2.24) is 0 Å². The highest BCUT2D eigenvalue weighted by atomic mass is 16.5. The van der Waals surface area contributed by atoms with E-state index in [4.69, 9.17) is 4.74 Å². The van der Waals surface area contributed by atoms with Crippen molar-refractivity contribution >= 4 is 17.4 Å².